The second kappa shape index (κ2) is 8.57. The lowest BCUT2D eigenvalue weighted by Gasteiger charge is -2.31. The third-order valence-corrected chi connectivity index (χ3v) is 6.70. The van der Waals surface area contributed by atoms with Crippen molar-refractivity contribution in [1.29, 1.82) is 5.41 Å². The van der Waals surface area contributed by atoms with Crippen molar-refractivity contribution < 1.29 is 4.79 Å². The Morgan fingerprint density at radius 1 is 1.24 bits per heavy atom. The van der Waals surface area contributed by atoms with E-state index in [9.17, 15) is 4.79 Å². The normalized spacial score (nSPS) is 20.4. The molecule has 1 unspecified atom stereocenters. The predicted octanol–water partition coefficient (Wildman–Crippen LogP) is 2.87. The molecule has 1 aromatic carbocycles. The third-order valence-electron chi connectivity index (χ3n) is 6.70. The van der Waals surface area contributed by atoms with E-state index in [1.165, 1.54) is 11.1 Å². The second-order valence-electron chi connectivity index (χ2n) is 8.46. The largest absolute Gasteiger partial charge is 0.384 e. The highest BCUT2D eigenvalue weighted by atomic mass is 16.2. The monoisotopic (exact) mass is 395 g/mol. The zero-order valence-electron chi connectivity index (χ0n) is 17.4. The van der Waals surface area contributed by atoms with Gasteiger partial charge in [0, 0.05) is 41.8 Å². The molecule has 2 fully saturated rings. The van der Waals surface area contributed by atoms with E-state index in [0.717, 1.165) is 75.8 Å². The first-order chi connectivity index (χ1) is 14.1. The molecule has 2 aromatic rings. The van der Waals surface area contributed by atoms with E-state index in [1.54, 1.807) is 0 Å². The fourth-order valence-electron chi connectivity index (χ4n) is 5.10. The Labute approximate surface area is 172 Å². The summed E-state index contributed by atoms with van der Waals surface area (Å²) >= 11 is 0. The zero-order valence-corrected chi connectivity index (χ0v) is 17.4. The molecule has 2 aliphatic heterocycles. The van der Waals surface area contributed by atoms with E-state index in [2.05, 4.69) is 33.8 Å². The number of hydrogen-bond donors (Lipinski definition) is 3. The van der Waals surface area contributed by atoms with Gasteiger partial charge in [-0.15, -0.1) is 0 Å². The van der Waals surface area contributed by atoms with Gasteiger partial charge in [-0.05, 0) is 76.1 Å². The summed E-state index contributed by atoms with van der Waals surface area (Å²) in [6.07, 6.45) is 6.19. The highest BCUT2D eigenvalue weighted by molar-refractivity contribution is 5.98. The van der Waals surface area contributed by atoms with E-state index in [1.807, 2.05) is 12.1 Å². The van der Waals surface area contributed by atoms with E-state index < -0.39 is 0 Å². The molecule has 4 N–H and O–H groups in total. The van der Waals surface area contributed by atoms with Crippen molar-refractivity contribution >= 4 is 22.6 Å². The highest BCUT2D eigenvalue weighted by Crippen LogP contribution is 2.28. The molecule has 6 nitrogen and oxygen atoms in total. The average molecular weight is 396 g/mol. The van der Waals surface area contributed by atoms with Gasteiger partial charge in [0.2, 0.25) is 5.91 Å². The first-order valence-electron chi connectivity index (χ1n) is 11.1. The number of nitrogens with two attached hydrogens (primary N) is 1. The van der Waals surface area contributed by atoms with Gasteiger partial charge in [0.15, 0.2) is 0 Å². The van der Waals surface area contributed by atoms with Crippen molar-refractivity contribution in [3.05, 3.63) is 35.5 Å². The minimum atomic E-state index is 0.107. The maximum atomic E-state index is 13.0. The fourth-order valence-corrected chi connectivity index (χ4v) is 5.10. The van der Waals surface area contributed by atoms with Crippen LogP contribution < -0.4 is 11.1 Å². The summed E-state index contributed by atoms with van der Waals surface area (Å²) in [6.45, 7) is 5.90. The van der Waals surface area contributed by atoms with Crippen LogP contribution in [0.3, 0.4) is 0 Å². The summed E-state index contributed by atoms with van der Waals surface area (Å²) in [4.78, 5) is 15.2. The number of carbonyl (C=O) groups is 1. The predicted molar refractivity (Wildman–Crippen MR) is 117 cm³/mol. The molecule has 1 amide bonds. The Bertz CT molecular complexity index is 896. The number of nitrogens with one attached hydrogen (secondary N) is 2. The first-order valence-corrected chi connectivity index (χ1v) is 11.1. The van der Waals surface area contributed by atoms with Crippen molar-refractivity contribution in [2.75, 3.05) is 19.6 Å². The molecule has 4 rings (SSSR count). The van der Waals surface area contributed by atoms with Crippen LogP contribution >= 0.6 is 0 Å². The number of aryl methyl sites for hydroxylation is 2. The Kier molecular flexibility index (Phi) is 5.90. The molecule has 1 aromatic heterocycles. The number of carbonyl (C=O) groups excluding carboxylic acids is 1. The van der Waals surface area contributed by atoms with Crippen molar-refractivity contribution in [2.24, 2.45) is 11.7 Å². The smallest absolute Gasteiger partial charge is 0.226 e. The maximum Gasteiger partial charge on any atom is 0.226 e. The van der Waals surface area contributed by atoms with Crippen molar-refractivity contribution in [1.82, 2.24) is 14.8 Å². The second-order valence-corrected chi connectivity index (χ2v) is 8.46. The van der Waals surface area contributed by atoms with Gasteiger partial charge in [0.1, 0.15) is 5.84 Å². The molecule has 156 valence electrons. The van der Waals surface area contributed by atoms with Gasteiger partial charge in [-0.3, -0.25) is 10.2 Å². The Morgan fingerprint density at radius 2 is 2.03 bits per heavy atom. The fraction of sp³-hybridized carbons (Fsp3) is 0.565. The molecule has 0 radical (unpaired) electrons. The molecule has 0 bridgehead atoms. The van der Waals surface area contributed by atoms with Gasteiger partial charge < -0.3 is 20.5 Å². The molecule has 3 heterocycles. The van der Waals surface area contributed by atoms with E-state index in [0.29, 0.717) is 11.9 Å². The summed E-state index contributed by atoms with van der Waals surface area (Å²) in [7, 11) is 0. The number of aromatic nitrogens is 1. The molecule has 0 aliphatic carbocycles. The SMILES string of the molecule is CCn1c(CCC2CCCN2C(=O)C2CCNCC2)cc2ccc(C(=N)N)cc21. The molecule has 0 spiro atoms. The van der Waals surface area contributed by atoms with Crippen LogP contribution in [0.1, 0.15) is 50.3 Å². The molecule has 0 saturated carbocycles. The maximum absolute atomic E-state index is 13.0. The third kappa shape index (κ3) is 4.04. The van der Waals surface area contributed by atoms with Crippen LogP contribution in [-0.2, 0) is 17.8 Å². The van der Waals surface area contributed by atoms with Crippen molar-refractivity contribution in [2.45, 2.75) is 58.0 Å². The lowest BCUT2D eigenvalue weighted by Crippen LogP contribution is -2.43. The Hall–Kier alpha value is -2.34. The van der Waals surface area contributed by atoms with Crippen LogP contribution in [-0.4, -0.2) is 46.9 Å². The van der Waals surface area contributed by atoms with Gasteiger partial charge in [0.25, 0.3) is 0 Å². The minimum absolute atomic E-state index is 0.107. The summed E-state index contributed by atoms with van der Waals surface area (Å²) in [6, 6.07) is 8.63. The number of hydrogen-bond acceptors (Lipinski definition) is 3. The highest BCUT2D eigenvalue weighted by Gasteiger charge is 2.33. The molecular weight excluding hydrogens is 362 g/mol. The first kappa shape index (κ1) is 20.0. The number of fused-ring (bicyclic) bond motifs is 1. The van der Waals surface area contributed by atoms with E-state index in [-0.39, 0.29) is 11.8 Å². The molecule has 2 aliphatic rings. The standard InChI is InChI=1S/C23H33N5O/c1-2-27-20(14-17-5-6-18(22(24)25)15-21(17)27)8-7-19-4-3-13-28(19)23(29)16-9-11-26-12-10-16/h5-6,14-16,19,26H,2-4,7-13H2,1H3,(H3,24,25). The summed E-state index contributed by atoms with van der Waals surface area (Å²) in [5.74, 6) is 0.704. The topological polar surface area (TPSA) is 87.1 Å². The van der Waals surface area contributed by atoms with Crippen LogP contribution in [0.4, 0.5) is 0 Å². The number of amidine groups is 1. The number of rotatable bonds is 6. The van der Waals surface area contributed by atoms with E-state index >= 15 is 0 Å². The van der Waals surface area contributed by atoms with Crippen molar-refractivity contribution in [3.63, 3.8) is 0 Å². The van der Waals surface area contributed by atoms with Gasteiger partial charge >= 0.3 is 0 Å². The van der Waals surface area contributed by atoms with Crippen LogP contribution in [0.25, 0.3) is 10.9 Å². The van der Waals surface area contributed by atoms with Crippen molar-refractivity contribution in [3.8, 4) is 0 Å². The Balaban J connectivity index is 1.48. The molecule has 29 heavy (non-hydrogen) atoms. The molecule has 6 heteroatoms. The lowest BCUT2D eigenvalue weighted by atomic mass is 9.95. The number of nitrogens with zero attached hydrogens (tertiary/aromatic N) is 2. The molecule has 2 saturated heterocycles. The zero-order chi connectivity index (χ0) is 20.4. The summed E-state index contributed by atoms with van der Waals surface area (Å²) in [5, 5.41) is 12.3. The van der Waals surface area contributed by atoms with Crippen LogP contribution in [0.2, 0.25) is 0 Å². The number of amides is 1. The van der Waals surface area contributed by atoms with Crippen LogP contribution in [0.5, 0.6) is 0 Å². The van der Waals surface area contributed by atoms with Crippen LogP contribution in [0, 0.1) is 11.3 Å². The van der Waals surface area contributed by atoms with Crippen LogP contribution in [0.15, 0.2) is 24.3 Å². The van der Waals surface area contributed by atoms with Gasteiger partial charge in [-0.2, -0.15) is 0 Å². The summed E-state index contributed by atoms with van der Waals surface area (Å²) < 4.78 is 2.33. The molecular formula is C23H33N5O. The lowest BCUT2D eigenvalue weighted by molar-refractivity contribution is -0.137. The number of benzene rings is 1. The Morgan fingerprint density at radius 3 is 2.76 bits per heavy atom. The van der Waals surface area contributed by atoms with Gasteiger partial charge in [-0.1, -0.05) is 12.1 Å². The molecule has 1 atom stereocenters. The van der Waals surface area contributed by atoms with E-state index in [4.69, 9.17) is 11.1 Å². The summed E-state index contributed by atoms with van der Waals surface area (Å²) in [5.41, 5.74) is 8.90. The average Bonchev–Trinajstić information content (AvgIpc) is 3.35. The number of nitrogen functional groups attached to an aromatic ring is 1. The minimum Gasteiger partial charge on any atom is -0.384 e. The van der Waals surface area contributed by atoms with Gasteiger partial charge in [0.05, 0.1) is 0 Å². The van der Waals surface area contributed by atoms with Gasteiger partial charge in [-0.25, -0.2) is 0 Å². The number of piperidine rings is 1. The quantitative estimate of drug-likeness (QED) is 0.519. The number of likely N-dealkylation sites (tertiary alicyclic amines) is 1.